The molecule has 0 bridgehead atoms. The van der Waals surface area contributed by atoms with E-state index in [2.05, 4.69) is 10.6 Å². The third-order valence-corrected chi connectivity index (χ3v) is 4.25. The second kappa shape index (κ2) is 10.7. The molecule has 0 aromatic heterocycles. The van der Waals surface area contributed by atoms with Gasteiger partial charge in [-0.2, -0.15) is 0 Å². The molecule has 0 radical (unpaired) electrons. The lowest BCUT2D eigenvalue weighted by Gasteiger charge is -2.09. The van der Waals surface area contributed by atoms with Crippen LogP contribution in [-0.4, -0.2) is 31.5 Å². The van der Waals surface area contributed by atoms with Gasteiger partial charge >= 0.3 is 0 Å². The maximum atomic E-state index is 13.1. The van der Waals surface area contributed by atoms with Gasteiger partial charge in [-0.15, -0.1) is 0 Å². The van der Waals surface area contributed by atoms with E-state index in [-0.39, 0.29) is 43.6 Å². The van der Waals surface area contributed by atoms with Gasteiger partial charge in [0.15, 0.2) is 0 Å². The van der Waals surface area contributed by atoms with Crippen LogP contribution in [0.15, 0.2) is 42.5 Å². The number of nitrogens with one attached hydrogen (secondary N) is 2. The zero-order valence-electron chi connectivity index (χ0n) is 14.4. The maximum Gasteiger partial charge on any atom is 0.224 e. The standard InChI is InChI=1S/C19H19Cl2FN2O3/c20-16-5-4-15(12-17(16)21)27-9-6-18(25)23-7-8-24-19(26)11-13-2-1-3-14(22)10-13/h1-5,10,12H,6-9,11H2,(H,23,25)(H,24,26). The molecule has 0 aliphatic carbocycles. The Morgan fingerprint density at radius 1 is 0.963 bits per heavy atom. The van der Waals surface area contributed by atoms with Gasteiger partial charge in [0, 0.05) is 19.2 Å². The third kappa shape index (κ3) is 7.85. The Bertz CT molecular complexity index is 802. The van der Waals surface area contributed by atoms with Crippen LogP contribution in [0.25, 0.3) is 0 Å². The number of rotatable bonds is 9. The number of carbonyl (C=O) groups excluding carboxylic acids is 2. The SMILES string of the molecule is O=C(CCOc1ccc(Cl)c(Cl)c1)NCCNC(=O)Cc1cccc(F)c1. The van der Waals surface area contributed by atoms with Crippen LogP contribution < -0.4 is 15.4 Å². The molecule has 2 aromatic rings. The molecule has 2 N–H and O–H groups in total. The van der Waals surface area contributed by atoms with Gasteiger partial charge < -0.3 is 15.4 Å². The fraction of sp³-hybridized carbons (Fsp3) is 0.263. The van der Waals surface area contributed by atoms with Crippen LogP contribution in [0.4, 0.5) is 4.39 Å². The Morgan fingerprint density at radius 3 is 2.41 bits per heavy atom. The molecule has 0 saturated carbocycles. The van der Waals surface area contributed by atoms with Crippen LogP contribution in [0.5, 0.6) is 5.75 Å². The van der Waals surface area contributed by atoms with Crippen molar-refractivity contribution in [3.8, 4) is 5.75 Å². The molecular formula is C19H19Cl2FN2O3. The van der Waals surface area contributed by atoms with E-state index in [1.807, 2.05) is 0 Å². The second-order valence-corrected chi connectivity index (χ2v) is 6.50. The van der Waals surface area contributed by atoms with Gasteiger partial charge in [-0.1, -0.05) is 35.3 Å². The highest BCUT2D eigenvalue weighted by atomic mass is 35.5. The summed E-state index contributed by atoms with van der Waals surface area (Å²) in [7, 11) is 0. The van der Waals surface area contributed by atoms with Gasteiger partial charge in [-0.3, -0.25) is 9.59 Å². The highest BCUT2D eigenvalue weighted by Crippen LogP contribution is 2.26. The quantitative estimate of drug-likeness (QED) is 0.620. The number of halogens is 3. The molecule has 8 heteroatoms. The zero-order valence-corrected chi connectivity index (χ0v) is 15.9. The van der Waals surface area contributed by atoms with Crippen molar-refractivity contribution in [1.29, 1.82) is 0 Å². The van der Waals surface area contributed by atoms with Crippen molar-refractivity contribution in [2.45, 2.75) is 12.8 Å². The van der Waals surface area contributed by atoms with Crippen molar-refractivity contribution >= 4 is 35.0 Å². The van der Waals surface area contributed by atoms with Crippen LogP contribution in [0.3, 0.4) is 0 Å². The molecule has 27 heavy (non-hydrogen) atoms. The molecular weight excluding hydrogens is 394 g/mol. The highest BCUT2D eigenvalue weighted by molar-refractivity contribution is 6.42. The smallest absolute Gasteiger partial charge is 0.224 e. The van der Waals surface area contributed by atoms with Crippen molar-refractivity contribution in [3.63, 3.8) is 0 Å². The molecule has 0 saturated heterocycles. The first kappa shape index (κ1) is 21.0. The minimum absolute atomic E-state index is 0.0865. The molecule has 0 aliphatic heterocycles. The molecule has 2 rings (SSSR count). The normalized spacial score (nSPS) is 10.3. The largest absolute Gasteiger partial charge is 0.493 e. The van der Waals surface area contributed by atoms with Crippen molar-refractivity contribution in [2.24, 2.45) is 0 Å². The van der Waals surface area contributed by atoms with Crippen molar-refractivity contribution < 1.29 is 18.7 Å². The molecule has 0 aliphatic rings. The predicted octanol–water partition coefficient (Wildman–Crippen LogP) is 3.38. The lowest BCUT2D eigenvalue weighted by atomic mass is 10.1. The summed E-state index contributed by atoms with van der Waals surface area (Å²) in [5.74, 6) is -0.287. The number of carbonyl (C=O) groups is 2. The van der Waals surface area contributed by atoms with E-state index in [9.17, 15) is 14.0 Å². The Hall–Kier alpha value is -2.31. The van der Waals surface area contributed by atoms with E-state index in [4.69, 9.17) is 27.9 Å². The van der Waals surface area contributed by atoms with E-state index in [0.29, 0.717) is 27.9 Å². The fourth-order valence-electron chi connectivity index (χ4n) is 2.22. The van der Waals surface area contributed by atoms with Crippen molar-refractivity contribution in [1.82, 2.24) is 10.6 Å². The first-order valence-corrected chi connectivity index (χ1v) is 9.05. The first-order chi connectivity index (χ1) is 12.9. The average molecular weight is 413 g/mol. The Labute approximate surface area is 166 Å². The zero-order chi connectivity index (χ0) is 19.6. The maximum absolute atomic E-state index is 13.1. The van der Waals surface area contributed by atoms with Gasteiger partial charge in [0.05, 0.1) is 29.5 Å². The van der Waals surface area contributed by atoms with Gasteiger partial charge in [-0.05, 0) is 29.8 Å². The summed E-state index contributed by atoms with van der Waals surface area (Å²) in [6.45, 7) is 0.768. The van der Waals surface area contributed by atoms with E-state index in [1.165, 1.54) is 12.1 Å². The molecule has 2 amide bonds. The van der Waals surface area contributed by atoms with Gasteiger partial charge in [-0.25, -0.2) is 4.39 Å². The number of hydrogen-bond acceptors (Lipinski definition) is 3. The van der Waals surface area contributed by atoms with Crippen molar-refractivity contribution in [2.75, 3.05) is 19.7 Å². The molecule has 144 valence electrons. The lowest BCUT2D eigenvalue weighted by molar-refractivity contribution is -0.122. The fourth-order valence-corrected chi connectivity index (χ4v) is 2.50. The van der Waals surface area contributed by atoms with E-state index >= 15 is 0 Å². The molecule has 0 heterocycles. The summed E-state index contributed by atoms with van der Waals surface area (Å²) >= 11 is 11.7. The predicted molar refractivity (Wildman–Crippen MR) is 103 cm³/mol. The molecule has 0 unspecified atom stereocenters. The Kier molecular flexibility index (Phi) is 8.36. The Balaban J connectivity index is 1.57. The number of ether oxygens (including phenoxy) is 1. The second-order valence-electron chi connectivity index (χ2n) is 5.68. The van der Waals surface area contributed by atoms with Crippen LogP contribution in [0.2, 0.25) is 10.0 Å². The van der Waals surface area contributed by atoms with Crippen LogP contribution in [0, 0.1) is 5.82 Å². The first-order valence-electron chi connectivity index (χ1n) is 8.30. The summed E-state index contributed by atoms with van der Waals surface area (Å²) in [4.78, 5) is 23.5. The molecule has 5 nitrogen and oxygen atoms in total. The molecule has 0 fully saturated rings. The molecule has 2 aromatic carbocycles. The molecule has 0 spiro atoms. The summed E-state index contributed by atoms with van der Waals surface area (Å²) < 4.78 is 18.5. The summed E-state index contributed by atoms with van der Waals surface area (Å²) in [5.41, 5.74) is 0.594. The molecule has 0 atom stereocenters. The number of hydrogen-bond donors (Lipinski definition) is 2. The monoisotopic (exact) mass is 412 g/mol. The van der Waals surface area contributed by atoms with Crippen LogP contribution in [0.1, 0.15) is 12.0 Å². The van der Waals surface area contributed by atoms with E-state index in [0.717, 1.165) is 0 Å². The number of benzene rings is 2. The summed E-state index contributed by atoms with van der Waals surface area (Å²) in [5, 5.41) is 6.16. The van der Waals surface area contributed by atoms with Gasteiger partial charge in [0.2, 0.25) is 11.8 Å². The van der Waals surface area contributed by atoms with Crippen molar-refractivity contribution in [3.05, 3.63) is 63.9 Å². The minimum Gasteiger partial charge on any atom is -0.493 e. The van der Waals surface area contributed by atoms with Crippen LogP contribution >= 0.6 is 23.2 Å². The van der Waals surface area contributed by atoms with Gasteiger partial charge in [0.25, 0.3) is 0 Å². The Morgan fingerprint density at radius 2 is 1.70 bits per heavy atom. The van der Waals surface area contributed by atoms with E-state index in [1.54, 1.807) is 30.3 Å². The van der Waals surface area contributed by atoms with E-state index < -0.39 is 0 Å². The lowest BCUT2D eigenvalue weighted by Crippen LogP contribution is -2.35. The summed E-state index contributed by atoms with van der Waals surface area (Å²) in [6.07, 6.45) is 0.251. The topological polar surface area (TPSA) is 67.4 Å². The third-order valence-electron chi connectivity index (χ3n) is 3.51. The highest BCUT2D eigenvalue weighted by Gasteiger charge is 2.06. The van der Waals surface area contributed by atoms with Gasteiger partial charge in [0.1, 0.15) is 11.6 Å². The summed E-state index contributed by atoms with van der Waals surface area (Å²) in [6, 6.07) is 10.7. The average Bonchev–Trinajstić information content (AvgIpc) is 2.62. The van der Waals surface area contributed by atoms with Crippen LogP contribution in [-0.2, 0) is 16.0 Å². The minimum atomic E-state index is -0.379. The number of amides is 2.